The minimum Gasteiger partial charge on any atom is -0.472 e. The highest BCUT2D eigenvalue weighted by Gasteiger charge is 2.04. The van der Waals surface area contributed by atoms with E-state index in [-0.39, 0.29) is 0 Å². The lowest BCUT2D eigenvalue weighted by Crippen LogP contribution is -2.45. The van der Waals surface area contributed by atoms with Crippen LogP contribution in [0.3, 0.4) is 0 Å². The summed E-state index contributed by atoms with van der Waals surface area (Å²) in [5, 5.41) is 82.1. The normalized spacial score (nSPS) is 9.45. The highest BCUT2D eigenvalue weighted by Crippen LogP contribution is 2.10. The van der Waals surface area contributed by atoms with Gasteiger partial charge in [-0.3, -0.25) is 45.4 Å². The fourth-order valence-electron chi connectivity index (χ4n) is 9.83. The highest BCUT2D eigenvalue weighted by molar-refractivity contribution is 5.18. The molecule has 804 valence electrons. The maximum atomic E-state index is 5.37. The van der Waals surface area contributed by atoms with Crippen LogP contribution in [0.5, 0.6) is 0 Å². The van der Waals surface area contributed by atoms with E-state index in [1.165, 1.54) is 75.6 Å². The van der Waals surface area contributed by atoms with Crippen molar-refractivity contribution in [1.82, 2.24) is 160 Å². The number of furan rings is 6. The van der Waals surface area contributed by atoms with Gasteiger partial charge in [-0.1, -0.05) is 5.16 Å². The lowest BCUT2D eigenvalue weighted by molar-refractivity contribution is -0.646. The Kier molecular flexibility index (Phi) is 62.5. The number of hydrogen-bond donors (Lipinski definition) is 6. The van der Waals surface area contributed by atoms with Gasteiger partial charge in [0.2, 0.25) is 6.33 Å². The molecule has 0 atom stereocenters. The van der Waals surface area contributed by atoms with Gasteiger partial charge in [-0.2, -0.15) is 50.4 Å². The quantitative estimate of drug-likeness (QED) is 0.0606. The van der Waals surface area contributed by atoms with Crippen LogP contribution in [0, 0.1) is 242 Å². The number of nitrogens with two attached hydrogens (primary N) is 1. The molecule has 0 unspecified atom stereocenters. The Labute approximate surface area is 870 Å². The van der Waals surface area contributed by atoms with Crippen molar-refractivity contribution < 1.29 is 44.5 Å². The zero-order valence-corrected chi connectivity index (χ0v) is 94.9. The largest absolute Gasteiger partial charge is 0.472 e. The zero-order chi connectivity index (χ0) is 112. The average Bonchev–Trinajstić information content (AvgIpc) is 1.71. The summed E-state index contributed by atoms with van der Waals surface area (Å²) in [5.74, 6) is 16.9. The van der Waals surface area contributed by atoms with E-state index >= 15 is 0 Å². The number of hydrogen-bond acceptors (Lipinski definition) is 30. The van der Waals surface area contributed by atoms with E-state index in [9.17, 15) is 0 Å². The molecule has 0 aliphatic rings. The van der Waals surface area contributed by atoms with Gasteiger partial charge < -0.3 is 44.4 Å². The molecule has 0 saturated carbocycles. The summed E-state index contributed by atoms with van der Waals surface area (Å²) < 4.78 is 54.6. The number of aromatic amines is 5. The molecule has 21 aromatic heterocycles. The molecule has 21 rings (SSSR count). The summed E-state index contributed by atoms with van der Waals surface area (Å²) in [6.07, 6.45) is 31.7. The van der Waals surface area contributed by atoms with Crippen molar-refractivity contribution in [3.8, 4) is 0 Å². The van der Waals surface area contributed by atoms with Crippen LogP contribution >= 0.6 is 0 Å². The van der Waals surface area contributed by atoms with Gasteiger partial charge in [0, 0.05) is 112 Å². The van der Waals surface area contributed by atoms with Crippen molar-refractivity contribution in [3.63, 3.8) is 0 Å². The van der Waals surface area contributed by atoms with Gasteiger partial charge in [0.1, 0.15) is 65.0 Å². The molecule has 21 heterocycles. The Balaban J connectivity index is 0.000000777. The summed E-state index contributed by atoms with van der Waals surface area (Å²) in [4.78, 5) is 10.6. The van der Waals surface area contributed by atoms with Gasteiger partial charge in [0.25, 0.3) is 5.82 Å². The molecule has 0 spiro atoms. The molecular weight excluding hydrogens is 1880 g/mol. The van der Waals surface area contributed by atoms with Crippen LogP contribution in [0.1, 0.15) is 199 Å². The molecule has 0 saturated heterocycles. The molecule has 7 N–H and O–H groups in total. The summed E-state index contributed by atoms with van der Waals surface area (Å²) in [5.41, 5.74) is 25.3. The van der Waals surface area contributed by atoms with Gasteiger partial charge in [-0.15, -0.1) is 39.9 Å². The smallest absolute Gasteiger partial charge is 0.295 e. The van der Waals surface area contributed by atoms with E-state index in [2.05, 4.69) is 132 Å². The first-order chi connectivity index (χ1) is 69.6. The zero-order valence-electron chi connectivity index (χ0n) is 94.9. The highest BCUT2D eigenvalue weighted by atomic mass is 16.5. The topological polar surface area (TPSA) is 519 Å². The molecule has 0 aromatic carbocycles. The molecule has 0 amide bonds. The van der Waals surface area contributed by atoms with Gasteiger partial charge >= 0.3 is 0 Å². The minimum atomic E-state index is 0.711. The van der Waals surface area contributed by atoms with Crippen LogP contribution in [0.25, 0.3) is 0 Å². The Morgan fingerprint density at radius 2 is 0.851 bits per heavy atom. The van der Waals surface area contributed by atoms with Crippen molar-refractivity contribution in [2.24, 2.45) is 49.3 Å². The molecule has 0 fully saturated rings. The van der Waals surface area contributed by atoms with Crippen molar-refractivity contribution >= 4 is 0 Å². The minimum absolute atomic E-state index is 0.711. The van der Waals surface area contributed by atoms with Crippen LogP contribution in [0.2, 0.25) is 0 Å². The number of nitrogens with zero attached hydrogens (tertiary/aromatic N) is 28. The van der Waals surface area contributed by atoms with Gasteiger partial charge in [0.05, 0.1) is 118 Å². The summed E-state index contributed by atoms with van der Waals surface area (Å²) in [6.45, 7) is 68.4. The fraction of sp³-hybridized carbons (Fsp3) is 0.400. The molecular formula is C105H161N34O9+. The molecule has 21 aromatic rings. The second kappa shape index (κ2) is 71.6. The average molecular weight is 2040 g/mol. The lowest BCUT2D eigenvalue weighted by Gasteiger charge is -1.87. The first-order valence-corrected chi connectivity index (χ1v) is 47.0. The molecule has 43 heteroatoms. The number of rotatable bonds is 0. The molecule has 0 aliphatic carbocycles. The Hall–Kier alpha value is -16.8. The van der Waals surface area contributed by atoms with Crippen LogP contribution < -0.4 is 10.5 Å². The predicted octanol–water partition coefficient (Wildman–Crippen LogP) is 20.5. The first-order valence-electron chi connectivity index (χ1n) is 47.0. The summed E-state index contributed by atoms with van der Waals surface area (Å²) >= 11 is 0. The third kappa shape index (κ3) is 62.6. The number of nitrogen functional groups attached to an aromatic ring is 1. The SMILES string of the molecule is Cc1cc(C)[nH]n1.Cc1cc(C)[nH]n1.Cc1ccc(C)o1.Cc1ccn(C)n1.Cc1ccnn1C.Cc1ccoc1C.Cc1ccoc1C.Cc1cn[nH]c1C.Cc1cn[nH]c1C.Cc1cn[nH]c1C.Cc1cnc(C)o1.Cc1cnn(C)c1.Cc1coc(C)c1.Cc1coc(C)c1.Cc1coc(C)n1.Cc1cocc1C.Cc1conc1C.Cc1nn(C)c[n+]1N.Cc1nncn1C.Cc1nnn(C)n1.Cc1nnn(C)n1. The maximum absolute atomic E-state index is 5.37. The van der Waals surface area contributed by atoms with E-state index in [0.29, 0.717) is 11.6 Å². The second-order valence-electron chi connectivity index (χ2n) is 34.0. The van der Waals surface area contributed by atoms with Crippen LogP contribution in [0.15, 0.2) is 213 Å². The molecule has 0 bridgehead atoms. The number of aromatic nitrogens is 33. The van der Waals surface area contributed by atoms with Crippen molar-refractivity contribution in [2.75, 3.05) is 5.84 Å². The molecule has 148 heavy (non-hydrogen) atoms. The third-order valence-corrected chi connectivity index (χ3v) is 19.2. The third-order valence-electron chi connectivity index (χ3n) is 19.2. The van der Waals surface area contributed by atoms with Crippen LogP contribution in [-0.4, -0.2) is 160 Å². The Morgan fingerprint density at radius 3 is 0.953 bits per heavy atom. The second-order valence-corrected chi connectivity index (χ2v) is 34.0. The van der Waals surface area contributed by atoms with Crippen molar-refractivity contribution in [1.29, 1.82) is 0 Å². The number of tetrazole rings is 2. The monoisotopic (exact) mass is 2040 g/mol. The number of H-pyrrole nitrogens is 5. The maximum Gasteiger partial charge on any atom is 0.295 e. The summed E-state index contributed by atoms with van der Waals surface area (Å²) in [6, 6.07) is 19.8. The van der Waals surface area contributed by atoms with Crippen LogP contribution in [0.4, 0.5) is 0 Å². The van der Waals surface area contributed by atoms with Gasteiger partial charge in [-0.05, 0) is 348 Å². The molecule has 43 nitrogen and oxygen atoms in total. The summed E-state index contributed by atoms with van der Waals surface area (Å²) in [7, 11) is 13.0. The van der Waals surface area contributed by atoms with E-state index in [1.807, 2.05) is 371 Å². The van der Waals surface area contributed by atoms with Crippen molar-refractivity contribution in [2.45, 2.75) is 242 Å². The Morgan fingerprint density at radius 1 is 0.372 bits per heavy atom. The van der Waals surface area contributed by atoms with E-state index in [1.54, 1.807) is 117 Å². The number of aryl methyl sites for hydroxylation is 42. The number of oxazole rings is 2. The van der Waals surface area contributed by atoms with Gasteiger partial charge in [0.15, 0.2) is 23.4 Å². The fourth-order valence-corrected chi connectivity index (χ4v) is 9.83. The van der Waals surface area contributed by atoms with E-state index < -0.39 is 0 Å². The van der Waals surface area contributed by atoms with Crippen molar-refractivity contribution in [3.05, 3.63) is 372 Å². The Bertz CT molecular complexity index is 5250. The van der Waals surface area contributed by atoms with Crippen LogP contribution in [-0.2, 0) is 49.3 Å². The van der Waals surface area contributed by atoms with E-state index in [0.717, 1.165) is 126 Å². The molecule has 0 radical (unpaired) electrons. The van der Waals surface area contributed by atoms with Gasteiger partial charge in [-0.25, -0.2) is 9.97 Å². The number of nitrogens with one attached hydrogen (secondary N) is 5. The predicted molar refractivity (Wildman–Crippen MR) is 572 cm³/mol. The standard InChI is InChI=1S/6C6H8O.8C5H8N2.3C5H7NO.C4H9N4.C4H7N3.2C3H6N4/c1-5-3-7-4-6(5)2;2*1-5-3-6(2)7-4-5;2*1-5-3-4-7-6(5)2;1-5-3-4-6(2)7-5;1-5-3-6-7(2)4-5;1-5-3-4-7(2)6-5;1-5-3-4-6-7(5)2;3*1-4-3-6-7-5(4)2;2*1-4-3-5(2)7-6-4;1-4-3-7-5(2)6-4;1-4-3-6-5(2)7-4;1-4-3-7-6-5(4)2;1-4-6-7(2)3-8(4)5;1-4-6-5-3-7(4)2;2*1-3-4-6-7(2)5-3/h9*3-4H,1-2H3;5*3H,1-2H3,(H,6,7);3*3H,1-2H3;3H,5H2,1-2H3;3H,1-2H3;2*1-2H3/q;;;;;;;;;;;;;;;;;+1;;;. The lowest BCUT2D eigenvalue weighted by atomic mass is 10.2. The first kappa shape index (κ1) is 129. The molecule has 0 aliphatic heterocycles. The van der Waals surface area contributed by atoms with E-state index in [4.69, 9.17) is 41.2 Å².